The first kappa shape index (κ1) is 15.2. The van der Waals surface area contributed by atoms with Gasteiger partial charge in [-0.25, -0.2) is 0 Å². The van der Waals surface area contributed by atoms with E-state index in [4.69, 9.17) is 5.26 Å². The Hall–Kier alpha value is -0.750. The van der Waals surface area contributed by atoms with Gasteiger partial charge in [0.15, 0.2) is 6.19 Å². The first-order valence-electron chi connectivity index (χ1n) is 6.65. The van der Waals surface area contributed by atoms with Gasteiger partial charge in [0.1, 0.15) is 0 Å². The van der Waals surface area contributed by atoms with E-state index in [2.05, 4.69) is 31.9 Å². The SMILES string of the molecule is CCCCN(C#N)CCCCN(CC)CC. The van der Waals surface area contributed by atoms with Gasteiger partial charge in [0.05, 0.1) is 0 Å². The molecule has 0 unspecified atom stereocenters. The predicted molar refractivity (Wildman–Crippen MR) is 69.1 cm³/mol. The molecule has 0 spiro atoms. The molecule has 16 heavy (non-hydrogen) atoms. The van der Waals surface area contributed by atoms with E-state index in [0.717, 1.165) is 45.4 Å². The van der Waals surface area contributed by atoms with Crippen molar-refractivity contribution in [2.75, 3.05) is 32.7 Å². The Balaban J connectivity index is 3.51. The van der Waals surface area contributed by atoms with Crippen molar-refractivity contribution in [2.45, 2.75) is 46.5 Å². The molecule has 0 saturated heterocycles. The highest BCUT2D eigenvalue weighted by Crippen LogP contribution is 1.99. The van der Waals surface area contributed by atoms with Crippen LogP contribution in [0.1, 0.15) is 46.5 Å². The van der Waals surface area contributed by atoms with Crippen molar-refractivity contribution in [1.29, 1.82) is 5.26 Å². The van der Waals surface area contributed by atoms with Gasteiger partial charge in [-0.15, -0.1) is 0 Å². The minimum atomic E-state index is 0.928. The summed E-state index contributed by atoms with van der Waals surface area (Å²) >= 11 is 0. The van der Waals surface area contributed by atoms with Crippen LogP contribution in [0, 0.1) is 11.5 Å². The molecule has 0 heterocycles. The van der Waals surface area contributed by atoms with Crippen LogP contribution in [0.3, 0.4) is 0 Å². The Morgan fingerprint density at radius 1 is 0.875 bits per heavy atom. The molecule has 0 aromatic carbocycles. The maximum Gasteiger partial charge on any atom is 0.179 e. The molecule has 3 heteroatoms. The molecule has 3 nitrogen and oxygen atoms in total. The molecule has 0 aliphatic rings. The lowest BCUT2D eigenvalue weighted by Gasteiger charge is -2.19. The summed E-state index contributed by atoms with van der Waals surface area (Å²) in [7, 11) is 0. The summed E-state index contributed by atoms with van der Waals surface area (Å²) in [5.74, 6) is 0. The van der Waals surface area contributed by atoms with Crippen molar-refractivity contribution in [2.24, 2.45) is 0 Å². The Labute approximate surface area is 101 Å². The average molecular weight is 225 g/mol. The summed E-state index contributed by atoms with van der Waals surface area (Å²) in [4.78, 5) is 4.33. The molecule has 0 amide bonds. The third-order valence-corrected chi connectivity index (χ3v) is 2.97. The average Bonchev–Trinajstić information content (AvgIpc) is 2.33. The molecule has 0 bridgehead atoms. The molecule has 94 valence electrons. The number of nitriles is 1. The monoisotopic (exact) mass is 225 g/mol. The van der Waals surface area contributed by atoms with Gasteiger partial charge in [0.25, 0.3) is 0 Å². The van der Waals surface area contributed by atoms with Crippen LogP contribution in [-0.2, 0) is 0 Å². The molecule has 0 aliphatic carbocycles. The summed E-state index contributed by atoms with van der Waals surface area (Å²) in [6, 6.07) is 0. The number of nitrogens with zero attached hydrogens (tertiary/aromatic N) is 3. The smallest absolute Gasteiger partial charge is 0.179 e. The van der Waals surface area contributed by atoms with Crippen LogP contribution in [0.15, 0.2) is 0 Å². The van der Waals surface area contributed by atoms with Gasteiger partial charge in [-0.2, -0.15) is 5.26 Å². The highest BCUT2D eigenvalue weighted by atomic mass is 15.1. The van der Waals surface area contributed by atoms with E-state index in [1.54, 1.807) is 0 Å². The Morgan fingerprint density at radius 2 is 1.44 bits per heavy atom. The lowest BCUT2D eigenvalue weighted by molar-refractivity contribution is 0.286. The fraction of sp³-hybridized carbons (Fsp3) is 0.923. The Kier molecular flexibility index (Phi) is 10.3. The molecule has 0 aromatic heterocycles. The first-order valence-corrected chi connectivity index (χ1v) is 6.65. The van der Waals surface area contributed by atoms with Crippen molar-refractivity contribution in [1.82, 2.24) is 9.80 Å². The van der Waals surface area contributed by atoms with E-state index in [1.807, 2.05) is 4.90 Å². The molecule has 0 fully saturated rings. The Morgan fingerprint density at radius 3 is 1.94 bits per heavy atom. The highest BCUT2D eigenvalue weighted by Gasteiger charge is 2.02. The normalized spacial score (nSPS) is 10.4. The van der Waals surface area contributed by atoms with Crippen LogP contribution >= 0.6 is 0 Å². The van der Waals surface area contributed by atoms with Crippen molar-refractivity contribution in [3.63, 3.8) is 0 Å². The fourth-order valence-corrected chi connectivity index (χ4v) is 1.74. The first-order chi connectivity index (χ1) is 7.78. The molecule has 0 rings (SSSR count). The number of rotatable bonds is 10. The van der Waals surface area contributed by atoms with Gasteiger partial charge in [-0.1, -0.05) is 27.2 Å². The fourth-order valence-electron chi connectivity index (χ4n) is 1.74. The zero-order chi connectivity index (χ0) is 12.2. The van der Waals surface area contributed by atoms with Crippen LogP contribution in [0.2, 0.25) is 0 Å². The summed E-state index contributed by atoms with van der Waals surface area (Å²) < 4.78 is 0. The molecule has 0 radical (unpaired) electrons. The minimum absolute atomic E-state index is 0.928. The van der Waals surface area contributed by atoms with Crippen LogP contribution in [0.25, 0.3) is 0 Å². The second kappa shape index (κ2) is 10.8. The topological polar surface area (TPSA) is 30.3 Å². The van der Waals surface area contributed by atoms with Crippen LogP contribution in [0.5, 0.6) is 0 Å². The number of hydrogen-bond donors (Lipinski definition) is 0. The van der Waals surface area contributed by atoms with Crippen LogP contribution in [0.4, 0.5) is 0 Å². The molecule has 0 atom stereocenters. The Bertz CT molecular complexity index is 182. The molecule has 0 aromatic rings. The number of hydrogen-bond acceptors (Lipinski definition) is 3. The second-order valence-corrected chi connectivity index (χ2v) is 4.17. The number of unbranched alkanes of at least 4 members (excludes halogenated alkanes) is 2. The van der Waals surface area contributed by atoms with Gasteiger partial charge in [-0.05, 0) is 38.9 Å². The van der Waals surface area contributed by atoms with Gasteiger partial charge in [0, 0.05) is 13.1 Å². The largest absolute Gasteiger partial charge is 0.311 e. The molecular weight excluding hydrogens is 198 g/mol. The highest BCUT2D eigenvalue weighted by molar-refractivity contribution is 4.73. The molecule has 0 saturated carbocycles. The van der Waals surface area contributed by atoms with Crippen molar-refractivity contribution in [3.8, 4) is 6.19 Å². The third kappa shape index (κ3) is 7.53. The predicted octanol–water partition coefficient (Wildman–Crippen LogP) is 2.69. The van der Waals surface area contributed by atoms with Crippen molar-refractivity contribution < 1.29 is 0 Å². The quantitative estimate of drug-likeness (QED) is 0.325. The summed E-state index contributed by atoms with van der Waals surface area (Å²) in [6.07, 6.45) is 6.90. The lowest BCUT2D eigenvalue weighted by Crippen LogP contribution is -2.25. The summed E-state index contributed by atoms with van der Waals surface area (Å²) in [5.41, 5.74) is 0. The van der Waals surface area contributed by atoms with Crippen LogP contribution < -0.4 is 0 Å². The molecular formula is C13H27N3. The van der Waals surface area contributed by atoms with Crippen molar-refractivity contribution in [3.05, 3.63) is 0 Å². The molecule has 0 N–H and O–H groups in total. The second-order valence-electron chi connectivity index (χ2n) is 4.17. The van der Waals surface area contributed by atoms with E-state index in [-0.39, 0.29) is 0 Å². The van der Waals surface area contributed by atoms with E-state index < -0.39 is 0 Å². The molecule has 0 aliphatic heterocycles. The van der Waals surface area contributed by atoms with E-state index in [0.29, 0.717) is 0 Å². The lowest BCUT2D eigenvalue weighted by atomic mass is 10.2. The maximum absolute atomic E-state index is 8.92. The zero-order valence-electron chi connectivity index (χ0n) is 11.2. The third-order valence-electron chi connectivity index (χ3n) is 2.97. The summed E-state index contributed by atoms with van der Waals surface area (Å²) in [6.45, 7) is 11.9. The van der Waals surface area contributed by atoms with Gasteiger partial charge >= 0.3 is 0 Å². The van der Waals surface area contributed by atoms with E-state index in [9.17, 15) is 0 Å². The van der Waals surface area contributed by atoms with Gasteiger partial charge in [0.2, 0.25) is 0 Å². The standard InChI is InChI=1S/C13H27N3/c1-4-7-10-16(13-14)12-9-8-11-15(5-2)6-3/h4-12H2,1-3H3. The van der Waals surface area contributed by atoms with Gasteiger partial charge < -0.3 is 9.80 Å². The maximum atomic E-state index is 8.92. The van der Waals surface area contributed by atoms with Crippen LogP contribution in [-0.4, -0.2) is 42.5 Å². The minimum Gasteiger partial charge on any atom is -0.311 e. The van der Waals surface area contributed by atoms with Crippen molar-refractivity contribution >= 4 is 0 Å². The summed E-state index contributed by atoms with van der Waals surface area (Å²) in [5, 5.41) is 8.92. The van der Waals surface area contributed by atoms with E-state index in [1.165, 1.54) is 13.0 Å². The zero-order valence-corrected chi connectivity index (χ0v) is 11.2. The van der Waals surface area contributed by atoms with E-state index >= 15 is 0 Å². The van der Waals surface area contributed by atoms with Gasteiger partial charge in [-0.3, -0.25) is 0 Å².